The van der Waals surface area contributed by atoms with Crippen molar-refractivity contribution in [3.63, 3.8) is 0 Å². The second-order valence-electron chi connectivity index (χ2n) is 5.45. The summed E-state index contributed by atoms with van der Waals surface area (Å²) in [5.74, 6) is -1.08. The van der Waals surface area contributed by atoms with Gasteiger partial charge in [0.15, 0.2) is 11.2 Å². The summed E-state index contributed by atoms with van der Waals surface area (Å²) >= 11 is 0. The lowest BCUT2D eigenvalue weighted by molar-refractivity contribution is -0.137. The number of rotatable bonds is 4. The molecule has 0 saturated carbocycles. The predicted molar refractivity (Wildman–Crippen MR) is 76.7 cm³/mol. The fourth-order valence-corrected chi connectivity index (χ4v) is 2.36. The Bertz CT molecular complexity index is 810. The molecule has 1 N–H and O–H groups in total. The van der Waals surface area contributed by atoms with Gasteiger partial charge in [-0.15, -0.1) is 0 Å². The molecule has 2 aromatic heterocycles. The van der Waals surface area contributed by atoms with Gasteiger partial charge in [0.2, 0.25) is 0 Å². The summed E-state index contributed by atoms with van der Waals surface area (Å²) in [7, 11) is 0. The highest BCUT2D eigenvalue weighted by Gasteiger charge is 2.21. The van der Waals surface area contributed by atoms with E-state index in [0.717, 1.165) is 4.57 Å². The number of carboxylic acid groups (broad SMARTS) is 1. The van der Waals surface area contributed by atoms with Gasteiger partial charge in [0.1, 0.15) is 6.54 Å². The lowest BCUT2D eigenvalue weighted by atomic mass is 10.3. The van der Waals surface area contributed by atoms with Gasteiger partial charge in [0, 0.05) is 12.1 Å². The highest BCUT2D eigenvalue weighted by Crippen LogP contribution is 2.12. The minimum absolute atomic E-state index is 0.138. The zero-order valence-electron chi connectivity index (χ0n) is 12.4. The number of imidazole rings is 1. The molecule has 8 nitrogen and oxygen atoms in total. The van der Waals surface area contributed by atoms with E-state index in [1.165, 1.54) is 15.5 Å². The molecule has 8 heteroatoms. The van der Waals surface area contributed by atoms with Gasteiger partial charge >= 0.3 is 11.7 Å². The summed E-state index contributed by atoms with van der Waals surface area (Å²) in [6.07, 6.45) is 1.28. The third kappa shape index (κ3) is 2.37. The quantitative estimate of drug-likeness (QED) is 0.890. The van der Waals surface area contributed by atoms with E-state index < -0.39 is 17.2 Å². The Kier molecular flexibility index (Phi) is 3.71. The summed E-state index contributed by atoms with van der Waals surface area (Å²) in [6, 6.07) is -0.522. The van der Waals surface area contributed by atoms with E-state index in [1.54, 1.807) is 13.8 Å². The van der Waals surface area contributed by atoms with Crippen LogP contribution >= 0.6 is 0 Å². The zero-order valence-corrected chi connectivity index (χ0v) is 12.4. The maximum Gasteiger partial charge on any atom is 0.333 e. The molecule has 0 unspecified atom stereocenters. The van der Waals surface area contributed by atoms with Crippen LogP contribution in [0.5, 0.6) is 0 Å². The second kappa shape index (κ2) is 5.19. The molecule has 0 spiro atoms. The number of aliphatic carboxylic acids is 1. The molecule has 0 radical (unpaired) electrons. The lowest BCUT2D eigenvalue weighted by Gasteiger charge is -2.16. The van der Waals surface area contributed by atoms with Crippen LogP contribution in [0.3, 0.4) is 0 Å². The normalized spacial score (nSPS) is 11.7. The Balaban J connectivity index is 2.97. The van der Waals surface area contributed by atoms with Crippen LogP contribution in [-0.2, 0) is 11.3 Å². The fourth-order valence-electron chi connectivity index (χ4n) is 2.36. The van der Waals surface area contributed by atoms with Gasteiger partial charge in [-0.1, -0.05) is 0 Å². The van der Waals surface area contributed by atoms with E-state index >= 15 is 0 Å². The van der Waals surface area contributed by atoms with Gasteiger partial charge in [-0.05, 0) is 27.7 Å². The molecule has 0 fully saturated rings. The minimum atomic E-state index is -1.08. The van der Waals surface area contributed by atoms with Gasteiger partial charge in [-0.3, -0.25) is 18.7 Å². The average molecular weight is 294 g/mol. The summed E-state index contributed by atoms with van der Waals surface area (Å²) in [4.78, 5) is 40.0. The number of carbonyl (C=O) groups is 1. The first-order chi connectivity index (χ1) is 9.75. The van der Waals surface area contributed by atoms with Crippen LogP contribution in [0.2, 0.25) is 0 Å². The van der Waals surface area contributed by atoms with Gasteiger partial charge in [0.25, 0.3) is 5.56 Å². The van der Waals surface area contributed by atoms with Crippen LogP contribution < -0.4 is 11.2 Å². The summed E-state index contributed by atoms with van der Waals surface area (Å²) in [6.45, 7) is 6.72. The molecule has 0 aliphatic rings. The topological polar surface area (TPSA) is 99.1 Å². The van der Waals surface area contributed by atoms with Crippen molar-refractivity contribution in [2.45, 2.75) is 46.3 Å². The molecule has 2 heterocycles. The van der Waals surface area contributed by atoms with Gasteiger partial charge < -0.3 is 9.67 Å². The zero-order chi connectivity index (χ0) is 15.9. The van der Waals surface area contributed by atoms with E-state index in [0.29, 0.717) is 0 Å². The molecule has 0 amide bonds. The largest absolute Gasteiger partial charge is 0.480 e. The highest BCUT2D eigenvalue weighted by molar-refractivity contribution is 5.74. The van der Waals surface area contributed by atoms with Crippen molar-refractivity contribution in [3.8, 4) is 0 Å². The van der Waals surface area contributed by atoms with Crippen molar-refractivity contribution in [3.05, 3.63) is 27.2 Å². The van der Waals surface area contributed by atoms with E-state index in [4.69, 9.17) is 5.11 Å². The molecule has 0 atom stereocenters. The molecular formula is C13H18N4O4. The smallest absolute Gasteiger partial charge is 0.333 e. The predicted octanol–water partition coefficient (Wildman–Crippen LogP) is 0.606. The van der Waals surface area contributed by atoms with Crippen LogP contribution in [0.1, 0.15) is 39.8 Å². The van der Waals surface area contributed by atoms with Crippen LogP contribution in [0, 0.1) is 0 Å². The van der Waals surface area contributed by atoms with Gasteiger partial charge in [-0.25, -0.2) is 9.78 Å². The number of nitrogens with zero attached hydrogens (tertiary/aromatic N) is 4. The van der Waals surface area contributed by atoms with E-state index in [1.807, 2.05) is 13.8 Å². The van der Waals surface area contributed by atoms with Crippen LogP contribution in [0.25, 0.3) is 11.2 Å². The highest BCUT2D eigenvalue weighted by atomic mass is 16.4. The number of fused-ring (bicyclic) bond motifs is 1. The minimum Gasteiger partial charge on any atom is -0.480 e. The molecule has 2 aromatic rings. The van der Waals surface area contributed by atoms with Crippen LogP contribution in [0.15, 0.2) is 15.9 Å². The molecule has 2 rings (SSSR count). The molecule has 0 bridgehead atoms. The van der Waals surface area contributed by atoms with Crippen LogP contribution in [-0.4, -0.2) is 29.8 Å². The van der Waals surface area contributed by atoms with E-state index in [-0.39, 0.29) is 29.8 Å². The van der Waals surface area contributed by atoms with Crippen molar-refractivity contribution in [2.24, 2.45) is 0 Å². The Labute approximate surface area is 120 Å². The maximum atomic E-state index is 12.5. The molecule has 0 aliphatic heterocycles. The van der Waals surface area contributed by atoms with Crippen molar-refractivity contribution < 1.29 is 9.90 Å². The van der Waals surface area contributed by atoms with Crippen molar-refractivity contribution >= 4 is 17.1 Å². The molecule has 114 valence electrons. The van der Waals surface area contributed by atoms with Crippen molar-refractivity contribution in [2.75, 3.05) is 0 Å². The van der Waals surface area contributed by atoms with Crippen molar-refractivity contribution in [1.82, 2.24) is 18.7 Å². The number of carboxylic acids is 1. The third-order valence-electron chi connectivity index (χ3n) is 3.22. The van der Waals surface area contributed by atoms with Gasteiger partial charge in [0.05, 0.1) is 6.33 Å². The third-order valence-corrected chi connectivity index (χ3v) is 3.22. The standard InChI is InChI=1S/C13H18N4O4/c1-7(2)16-11-10(15(6-14-11)5-9(18)19)12(20)17(8(3)4)13(16)21/h6-8H,5H2,1-4H3,(H,18,19). The number of aromatic nitrogens is 4. The molecule has 0 aromatic carbocycles. The SMILES string of the molecule is CC(C)n1c(=O)c2c(ncn2CC(=O)O)n(C(C)C)c1=O. The summed E-state index contributed by atoms with van der Waals surface area (Å²) in [5, 5.41) is 8.92. The van der Waals surface area contributed by atoms with E-state index in [2.05, 4.69) is 4.98 Å². The number of hydrogen-bond donors (Lipinski definition) is 1. The first kappa shape index (κ1) is 15.0. The molecule has 0 aliphatic carbocycles. The first-order valence-electron chi connectivity index (χ1n) is 6.69. The average Bonchev–Trinajstić information content (AvgIpc) is 2.71. The maximum absolute atomic E-state index is 12.5. The van der Waals surface area contributed by atoms with Crippen molar-refractivity contribution in [1.29, 1.82) is 0 Å². The molecule has 0 saturated heterocycles. The Hall–Kier alpha value is -2.38. The fraction of sp³-hybridized carbons (Fsp3) is 0.538. The summed E-state index contributed by atoms with van der Waals surface area (Å²) in [5.41, 5.74) is -0.587. The lowest BCUT2D eigenvalue weighted by Crippen LogP contribution is -2.42. The number of hydrogen-bond acceptors (Lipinski definition) is 4. The van der Waals surface area contributed by atoms with E-state index in [9.17, 15) is 14.4 Å². The molecule has 21 heavy (non-hydrogen) atoms. The Morgan fingerprint density at radius 1 is 1.19 bits per heavy atom. The monoisotopic (exact) mass is 294 g/mol. The second-order valence-corrected chi connectivity index (χ2v) is 5.45. The molecular weight excluding hydrogens is 276 g/mol. The van der Waals surface area contributed by atoms with Gasteiger partial charge in [-0.2, -0.15) is 0 Å². The Morgan fingerprint density at radius 2 is 1.76 bits per heavy atom. The van der Waals surface area contributed by atoms with Crippen LogP contribution in [0.4, 0.5) is 0 Å². The Morgan fingerprint density at radius 3 is 2.24 bits per heavy atom. The first-order valence-corrected chi connectivity index (χ1v) is 6.69. The summed E-state index contributed by atoms with van der Waals surface area (Å²) < 4.78 is 3.80.